The molecule has 4 rings (SSSR count). The maximum absolute atomic E-state index is 13.2. The Hall–Kier alpha value is -2.71. The second-order valence-corrected chi connectivity index (χ2v) is 10.3. The van der Waals surface area contributed by atoms with Gasteiger partial charge >= 0.3 is 5.97 Å². The van der Waals surface area contributed by atoms with Crippen LogP contribution in [0.5, 0.6) is 0 Å². The van der Waals surface area contributed by atoms with Crippen molar-refractivity contribution in [1.29, 1.82) is 0 Å². The van der Waals surface area contributed by atoms with Crippen LogP contribution in [-0.4, -0.2) is 46.7 Å². The molecule has 2 atom stereocenters. The monoisotopic (exact) mass is 441 g/mol. The van der Waals surface area contributed by atoms with Crippen LogP contribution in [0.3, 0.4) is 0 Å². The Balaban J connectivity index is 1.69. The number of nitrogens with zero attached hydrogens (tertiary/aromatic N) is 3. The molecule has 164 valence electrons. The van der Waals surface area contributed by atoms with Gasteiger partial charge in [-0.15, -0.1) is 0 Å². The topological polar surface area (TPSA) is 92.5 Å². The van der Waals surface area contributed by atoms with Crippen molar-refractivity contribution < 1.29 is 18.3 Å². The number of carboxylic acid groups (broad SMARTS) is 1. The molecule has 0 saturated carbocycles. The van der Waals surface area contributed by atoms with E-state index >= 15 is 0 Å². The highest BCUT2D eigenvalue weighted by Crippen LogP contribution is 2.34. The Labute approximate surface area is 182 Å². The van der Waals surface area contributed by atoms with Crippen LogP contribution in [0.1, 0.15) is 36.7 Å². The van der Waals surface area contributed by atoms with Crippen molar-refractivity contribution in [3.05, 3.63) is 59.3 Å². The Morgan fingerprint density at radius 1 is 1.16 bits per heavy atom. The smallest absolute Gasteiger partial charge is 0.309 e. The quantitative estimate of drug-likeness (QED) is 0.633. The van der Waals surface area contributed by atoms with Gasteiger partial charge in [-0.3, -0.25) is 9.48 Å². The maximum atomic E-state index is 13.2. The largest absolute Gasteiger partial charge is 0.481 e. The maximum Gasteiger partial charge on any atom is 0.309 e. The van der Waals surface area contributed by atoms with E-state index in [4.69, 9.17) is 0 Å². The highest BCUT2D eigenvalue weighted by molar-refractivity contribution is 7.89. The highest BCUT2D eigenvalue weighted by Gasteiger charge is 2.39. The Morgan fingerprint density at radius 2 is 1.87 bits per heavy atom. The lowest BCUT2D eigenvalue weighted by Crippen LogP contribution is -2.29. The molecule has 0 spiro atoms. The first-order valence-electron chi connectivity index (χ1n) is 10.5. The third-order valence-corrected chi connectivity index (χ3v) is 7.93. The summed E-state index contributed by atoms with van der Waals surface area (Å²) in [5.41, 5.74) is 3.49. The SMILES string of the molecule is CCc1ccc(S(=O)(=O)N2C[C@@H](C)[C@@H](n3nc(CC(=O)O)c4ccc(C)cc43)C2)cc1. The summed E-state index contributed by atoms with van der Waals surface area (Å²) in [7, 11) is -3.61. The molecular weight excluding hydrogens is 414 g/mol. The third-order valence-electron chi connectivity index (χ3n) is 6.08. The van der Waals surface area contributed by atoms with Gasteiger partial charge in [0.05, 0.1) is 28.6 Å². The molecule has 1 aliphatic rings. The molecule has 0 aliphatic carbocycles. The van der Waals surface area contributed by atoms with Crippen molar-refractivity contribution >= 4 is 26.9 Å². The van der Waals surface area contributed by atoms with Crippen LogP contribution in [0, 0.1) is 12.8 Å². The van der Waals surface area contributed by atoms with Crippen LogP contribution in [0.4, 0.5) is 0 Å². The summed E-state index contributed by atoms with van der Waals surface area (Å²) in [5.74, 6) is -0.905. The number of hydrogen-bond donors (Lipinski definition) is 1. The average molecular weight is 442 g/mol. The minimum atomic E-state index is -3.61. The number of aryl methyl sites for hydroxylation is 2. The first kappa shape index (κ1) is 21.5. The molecule has 7 nitrogen and oxygen atoms in total. The Morgan fingerprint density at radius 3 is 2.52 bits per heavy atom. The summed E-state index contributed by atoms with van der Waals surface area (Å²) >= 11 is 0. The number of aromatic nitrogens is 2. The molecule has 8 heteroatoms. The minimum absolute atomic E-state index is 0.0333. The van der Waals surface area contributed by atoms with Gasteiger partial charge in [-0.1, -0.05) is 38.1 Å². The molecule has 2 heterocycles. The van der Waals surface area contributed by atoms with E-state index < -0.39 is 16.0 Å². The van der Waals surface area contributed by atoms with Crippen LogP contribution in [-0.2, 0) is 27.7 Å². The summed E-state index contributed by atoms with van der Waals surface area (Å²) in [6, 6.07) is 12.7. The molecular formula is C23H27N3O4S. The standard InChI is InChI=1S/C23H27N3O4S/c1-4-17-6-8-18(9-7-17)31(29,30)25-13-16(3)22(14-25)26-21-11-15(2)5-10-19(21)20(24-26)12-23(27)28/h5-11,16,22H,4,12-14H2,1-3H3,(H,27,28)/t16-,22+/m1/s1. The highest BCUT2D eigenvalue weighted by atomic mass is 32.2. The van der Waals surface area contributed by atoms with Crippen LogP contribution in [0.15, 0.2) is 47.4 Å². The zero-order chi connectivity index (χ0) is 22.3. The first-order valence-corrected chi connectivity index (χ1v) is 11.9. The third kappa shape index (κ3) is 3.97. The van der Waals surface area contributed by atoms with Crippen molar-refractivity contribution in [3.63, 3.8) is 0 Å². The zero-order valence-corrected chi connectivity index (χ0v) is 18.8. The van der Waals surface area contributed by atoms with Gasteiger partial charge in [-0.05, 0) is 48.6 Å². The van der Waals surface area contributed by atoms with Crippen LogP contribution in [0.2, 0.25) is 0 Å². The van der Waals surface area contributed by atoms with Gasteiger partial charge in [-0.2, -0.15) is 9.40 Å². The fourth-order valence-electron chi connectivity index (χ4n) is 4.31. The lowest BCUT2D eigenvalue weighted by atomic mass is 10.1. The van der Waals surface area contributed by atoms with E-state index in [9.17, 15) is 18.3 Å². The van der Waals surface area contributed by atoms with Crippen LogP contribution in [0.25, 0.3) is 10.9 Å². The molecule has 31 heavy (non-hydrogen) atoms. The number of rotatable bonds is 6. The van der Waals surface area contributed by atoms with Gasteiger partial charge in [0.15, 0.2) is 0 Å². The number of hydrogen-bond acceptors (Lipinski definition) is 4. The number of fused-ring (bicyclic) bond motifs is 1. The zero-order valence-electron chi connectivity index (χ0n) is 17.9. The van der Waals surface area contributed by atoms with Crippen molar-refractivity contribution in [2.75, 3.05) is 13.1 Å². The van der Waals surface area contributed by atoms with Gasteiger partial charge in [0.25, 0.3) is 0 Å². The number of carboxylic acids is 1. The minimum Gasteiger partial charge on any atom is -0.481 e. The lowest BCUT2D eigenvalue weighted by molar-refractivity contribution is -0.136. The normalized spacial score (nSPS) is 19.8. The molecule has 0 bridgehead atoms. The van der Waals surface area contributed by atoms with Gasteiger partial charge < -0.3 is 5.11 Å². The number of carbonyl (C=O) groups is 1. The molecule has 1 N–H and O–H groups in total. The predicted molar refractivity (Wildman–Crippen MR) is 119 cm³/mol. The summed E-state index contributed by atoms with van der Waals surface area (Å²) in [6.07, 6.45) is 0.688. The summed E-state index contributed by atoms with van der Waals surface area (Å²) in [6.45, 7) is 6.72. The van der Waals surface area contributed by atoms with Crippen molar-refractivity contribution in [1.82, 2.24) is 14.1 Å². The van der Waals surface area contributed by atoms with Gasteiger partial charge in [-0.25, -0.2) is 8.42 Å². The molecule has 1 fully saturated rings. The molecule has 1 aliphatic heterocycles. The predicted octanol–water partition coefficient (Wildman–Crippen LogP) is 3.42. The van der Waals surface area contributed by atoms with E-state index in [-0.39, 0.29) is 18.4 Å². The lowest BCUT2D eigenvalue weighted by Gasteiger charge is -2.18. The molecule has 0 radical (unpaired) electrons. The second kappa shape index (κ2) is 8.09. The Kier molecular flexibility index (Phi) is 5.61. The van der Waals surface area contributed by atoms with E-state index in [0.29, 0.717) is 23.7 Å². The number of aliphatic carboxylic acids is 1. The molecule has 3 aromatic rings. The summed E-state index contributed by atoms with van der Waals surface area (Å²) in [4.78, 5) is 11.6. The molecule has 2 aromatic carbocycles. The molecule has 0 amide bonds. The van der Waals surface area contributed by atoms with Gasteiger partial charge in [0.1, 0.15) is 0 Å². The van der Waals surface area contributed by atoms with Crippen LogP contribution >= 0.6 is 0 Å². The number of benzene rings is 2. The fourth-order valence-corrected chi connectivity index (χ4v) is 5.87. The van der Waals surface area contributed by atoms with Gasteiger partial charge in [0.2, 0.25) is 10.0 Å². The molecule has 0 unspecified atom stereocenters. The summed E-state index contributed by atoms with van der Waals surface area (Å²) in [5, 5.41) is 14.7. The van der Waals surface area contributed by atoms with Crippen molar-refractivity contribution in [3.8, 4) is 0 Å². The van der Waals surface area contributed by atoms with E-state index in [1.807, 2.05) is 55.8 Å². The fraction of sp³-hybridized carbons (Fsp3) is 0.391. The van der Waals surface area contributed by atoms with E-state index in [1.165, 1.54) is 4.31 Å². The molecule has 1 saturated heterocycles. The average Bonchev–Trinajstić information content (AvgIpc) is 3.28. The second-order valence-electron chi connectivity index (χ2n) is 8.35. The van der Waals surface area contributed by atoms with Crippen molar-refractivity contribution in [2.45, 2.75) is 44.6 Å². The van der Waals surface area contributed by atoms with Crippen LogP contribution < -0.4 is 0 Å². The summed E-state index contributed by atoms with van der Waals surface area (Å²) < 4.78 is 29.8. The molecule has 1 aromatic heterocycles. The van der Waals surface area contributed by atoms with Crippen molar-refractivity contribution in [2.24, 2.45) is 5.92 Å². The van der Waals surface area contributed by atoms with E-state index in [2.05, 4.69) is 5.10 Å². The number of sulfonamides is 1. The Bertz CT molecular complexity index is 1230. The van der Waals surface area contributed by atoms with E-state index in [1.54, 1.807) is 12.1 Å². The van der Waals surface area contributed by atoms with E-state index in [0.717, 1.165) is 28.5 Å². The first-order chi connectivity index (χ1) is 14.7. The van der Waals surface area contributed by atoms with Gasteiger partial charge in [0, 0.05) is 18.5 Å².